The van der Waals surface area contributed by atoms with Crippen LogP contribution in [0.4, 0.5) is 18.9 Å². The van der Waals surface area contributed by atoms with E-state index < -0.39 is 12.1 Å². The van der Waals surface area contributed by atoms with Gasteiger partial charge in [-0.2, -0.15) is 18.4 Å². The number of ether oxygens (including phenoxy) is 1. The van der Waals surface area contributed by atoms with E-state index in [4.69, 9.17) is 19.9 Å². The summed E-state index contributed by atoms with van der Waals surface area (Å²) in [4.78, 5) is 15.5. The van der Waals surface area contributed by atoms with E-state index in [1.165, 1.54) is 5.69 Å². The summed E-state index contributed by atoms with van der Waals surface area (Å²) in [6, 6.07) is 10.1. The van der Waals surface area contributed by atoms with Crippen molar-refractivity contribution in [2.24, 2.45) is 7.05 Å². The first kappa shape index (κ1) is 23.6. The Balaban J connectivity index is 0.000000360. The van der Waals surface area contributed by atoms with Crippen LogP contribution in [-0.2, 0) is 23.1 Å². The number of nitrogens with one attached hydrogen (secondary N) is 1. The van der Waals surface area contributed by atoms with Gasteiger partial charge in [0.2, 0.25) is 0 Å². The van der Waals surface area contributed by atoms with E-state index in [1.54, 1.807) is 0 Å². The summed E-state index contributed by atoms with van der Waals surface area (Å²) in [7, 11) is 2.04. The molecule has 32 heavy (non-hydrogen) atoms. The Labute approximate surface area is 183 Å². The molecule has 172 valence electrons. The number of likely N-dealkylation sites (tertiary alicyclic amines) is 1. The standard InChI is InChI=1S/C19H23N5O.C2HF3O2/c1-23-14-21-10-18(23)11-24-6-5-19(13-24)8-17(12-25-19)22-16-4-2-3-15(7-16)9-20;3-2(4,5)1(6)7/h2-4,7,10,14,17,22H,5-6,8,11-13H2,1H3;(H,6,7). The van der Waals surface area contributed by atoms with Crippen molar-refractivity contribution in [3.05, 3.63) is 48.0 Å². The van der Waals surface area contributed by atoms with Gasteiger partial charge in [0, 0.05) is 45.0 Å². The van der Waals surface area contributed by atoms with Gasteiger partial charge in [-0.1, -0.05) is 6.07 Å². The van der Waals surface area contributed by atoms with Gasteiger partial charge >= 0.3 is 12.1 Å². The average molecular weight is 451 g/mol. The molecule has 0 saturated carbocycles. The lowest BCUT2D eigenvalue weighted by Crippen LogP contribution is -2.33. The van der Waals surface area contributed by atoms with E-state index in [-0.39, 0.29) is 5.60 Å². The van der Waals surface area contributed by atoms with Crippen molar-refractivity contribution >= 4 is 11.7 Å². The first-order valence-corrected chi connectivity index (χ1v) is 9.98. The van der Waals surface area contributed by atoms with Crippen LogP contribution in [-0.4, -0.2) is 63.0 Å². The number of carboxylic acids is 1. The Morgan fingerprint density at radius 2 is 2.22 bits per heavy atom. The largest absolute Gasteiger partial charge is 0.490 e. The molecule has 4 rings (SSSR count). The number of aliphatic carboxylic acids is 1. The van der Waals surface area contributed by atoms with Gasteiger partial charge in [-0.3, -0.25) is 4.90 Å². The van der Waals surface area contributed by atoms with Gasteiger partial charge in [0.1, 0.15) is 0 Å². The maximum absolute atomic E-state index is 10.6. The Bertz CT molecular complexity index is 988. The molecular weight excluding hydrogens is 427 g/mol. The van der Waals surface area contributed by atoms with Crippen LogP contribution >= 0.6 is 0 Å². The smallest absolute Gasteiger partial charge is 0.475 e. The van der Waals surface area contributed by atoms with Crippen molar-refractivity contribution in [2.75, 3.05) is 25.0 Å². The maximum atomic E-state index is 10.6. The zero-order chi connectivity index (χ0) is 23.4. The molecule has 1 spiro atoms. The van der Waals surface area contributed by atoms with Crippen molar-refractivity contribution in [3.8, 4) is 6.07 Å². The Morgan fingerprint density at radius 1 is 1.47 bits per heavy atom. The van der Waals surface area contributed by atoms with Crippen molar-refractivity contribution < 1.29 is 27.8 Å². The molecule has 1 aromatic carbocycles. The molecule has 2 unspecified atom stereocenters. The van der Waals surface area contributed by atoms with Crippen molar-refractivity contribution in [1.82, 2.24) is 14.5 Å². The lowest BCUT2D eigenvalue weighted by Gasteiger charge is -2.23. The summed E-state index contributed by atoms with van der Waals surface area (Å²) in [6.45, 7) is 3.66. The Hall–Kier alpha value is -3.10. The summed E-state index contributed by atoms with van der Waals surface area (Å²) in [5, 5.41) is 19.7. The van der Waals surface area contributed by atoms with E-state index >= 15 is 0 Å². The fraction of sp³-hybridized carbons (Fsp3) is 0.476. The SMILES string of the molecule is Cn1cncc1CN1CCC2(CC(Nc3cccc(C#N)c3)CO2)C1.O=C(O)C(F)(F)F. The molecule has 0 aliphatic carbocycles. The number of nitrogens with zero attached hydrogens (tertiary/aromatic N) is 4. The van der Waals surface area contributed by atoms with Crippen LogP contribution in [0.5, 0.6) is 0 Å². The average Bonchev–Trinajstić information content (AvgIpc) is 3.44. The number of aryl methyl sites for hydroxylation is 1. The molecule has 2 atom stereocenters. The van der Waals surface area contributed by atoms with Gasteiger partial charge in [0.15, 0.2) is 0 Å². The predicted molar refractivity (Wildman–Crippen MR) is 109 cm³/mol. The Morgan fingerprint density at radius 3 is 2.84 bits per heavy atom. The monoisotopic (exact) mass is 451 g/mol. The normalized spacial score (nSPS) is 22.9. The third-order valence-electron chi connectivity index (χ3n) is 5.51. The first-order chi connectivity index (χ1) is 15.1. The summed E-state index contributed by atoms with van der Waals surface area (Å²) in [6.07, 6.45) is 0.780. The highest BCUT2D eigenvalue weighted by molar-refractivity contribution is 5.73. The van der Waals surface area contributed by atoms with E-state index in [0.717, 1.165) is 44.8 Å². The van der Waals surface area contributed by atoms with Gasteiger partial charge in [-0.25, -0.2) is 9.78 Å². The zero-order valence-corrected chi connectivity index (χ0v) is 17.5. The second-order valence-electron chi connectivity index (χ2n) is 7.99. The number of nitriles is 1. The molecule has 2 aliphatic rings. The summed E-state index contributed by atoms with van der Waals surface area (Å²) in [5.74, 6) is -2.76. The van der Waals surface area contributed by atoms with Crippen molar-refractivity contribution in [2.45, 2.75) is 37.2 Å². The van der Waals surface area contributed by atoms with Crippen LogP contribution in [0.2, 0.25) is 0 Å². The van der Waals surface area contributed by atoms with Gasteiger partial charge in [-0.15, -0.1) is 0 Å². The molecule has 0 radical (unpaired) electrons. The molecule has 2 N–H and O–H groups in total. The highest BCUT2D eigenvalue weighted by atomic mass is 19.4. The minimum Gasteiger partial charge on any atom is -0.475 e. The number of carbonyl (C=O) groups is 1. The number of imidazole rings is 1. The van der Waals surface area contributed by atoms with Crippen LogP contribution in [0.1, 0.15) is 24.1 Å². The van der Waals surface area contributed by atoms with Crippen LogP contribution < -0.4 is 5.32 Å². The molecule has 11 heteroatoms. The van der Waals surface area contributed by atoms with Crippen LogP contribution in [0.3, 0.4) is 0 Å². The lowest BCUT2D eigenvalue weighted by molar-refractivity contribution is -0.192. The molecule has 1 aromatic heterocycles. The third kappa shape index (κ3) is 5.99. The highest BCUT2D eigenvalue weighted by Gasteiger charge is 2.45. The number of carboxylic acid groups (broad SMARTS) is 1. The molecule has 3 heterocycles. The number of anilines is 1. The number of halogens is 3. The van der Waals surface area contributed by atoms with E-state index in [1.807, 2.05) is 43.8 Å². The van der Waals surface area contributed by atoms with Gasteiger partial charge in [-0.05, 0) is 24.6 Å². The van der Waals surface area contributed by atoms with E-state index in [2.05, 4.69) is 25.8 Å². The molecular formula is C21H24F3N5O3. The maximum Gasteiger partial charge on any atom is 0.490 e. The summed E-state index contributed by atoms with van der Waals surface area (Å²) >= 11 is 0. The zero-order valence-electron chi connectivity index (χ0n) is 17.5. The number of hydrogen-bond acceptors (Lipinski definition) is 6. The minimum atomic E-state index is -5.08. The topological polar surface area (TPSA) is 103 Å². The molecule has 2 aromatic rings. The minimum absolute atomic E-state index is 0.0386. The van der Waals surface area contributed by atoms with Crippen LogP contribution in [0.25, 0.3) is 0 Å². The van der Waals surface area contributed by atoms with Gasteiger partial charge in [0.05, 0.1) is 41.9 Å². The number of alkyl halides is 3. The lowest BCUT2D eigenvalue weighted by atomic mass is 9.97. The fourth-order valence-corrected chi connectivity index (χ4v) is 3.96. The summed E-state index contributed by atoms with van der Waals surface area (Å²) < 4.78 is 40.0. The molecule has 0 amide bonds. The van der Waals surface area contributed by atoms with E-state index in [9.17, 15) is 13.2 Å². The van der Waals surface area contributed by atoms with E-state index in [0.29, 0.717) is 11.6 Å². The fourth-order valence-electron chi connectivity index (χ4n) is 3.96. The van der Waals surface area contributed by atoms with Gasteiger partial charge in [0.25, 0.3) is 0 Å². The quantitative estimate of drug-likeness (QED) is 0.737. The van der Waals surface area contributed by atoms with Crippen molar-refractivity contribution in [3.63, 3.8) is 0 Å². The van der Waals surface area contributed by atoms with Gasteiger partial charge < -0.3 is 19.7 Å². The van der Waals surface area contributed by atoms with Crippen molar-refractivity contribution in [1.29, 1.82) is 5.26 Å². The summed E-state index contributed by atoms with van der Waals surface area (Å²) in [5.41, 5.74) is 2.87. The highest BCUT2D eigenvalue weighted by Crippen LogP contribution is 2.36. The Kier molecular flexibility index (Phi) is 7.06. The second kappa shape index (κ2) is 9.58. The van der Waals surface area contributed by atoms with Crippen LogP contribution in [0, 0.1) is 11.3 Å². The third-order valence-corrected chi connectivity index (χ3v) is 5.51. The number of rotatable bonds is 4. The first-order valence-electron chi connectivity index (χ1n) is 9.98. The molecule has 8 nitrogen and oxygen atoms in total. The molecule has 2 fully saturated rings. The predicted octanol–water partition coefficient (Wildman–Crippen LogP) is 2.77. The number of hydrogen-bond donors (Lipinski definition) is 2. The molecule has 0 bridgehead atoms. The number of benzene rings is 1. The number of aromatic nitrogens is 2. The molecule has 2 aliphatic heterocycles. The second-order valence-corrected chi connectivity index (χ2v) is 7.99. The van der Waals surface area contributed by atoms with Crippen LogP contribution in [0.15, 0.2) is 36.8 Å². The molecule has 2 saturated heterocycles.